The molecular weight excluding hydrogens is 357 g/mol. The van der Waals surface area contributed by atoms with Crippen LogP contribution in [0.1, 0.15) is 25.8 Å². The van der Waals surface area contributed by atoms with E-state index in [1.54, 1.807) is 11.8 Å². The number of rotatable bonds is 4. The highest BCUT2D eigenvalue weighted by molar-refractivity contribution is 7.89. The number of carbonyl (C=O) groups excluding carboxylic acids is 1. The number of halogens is 3. The van der Waals surface area contributed by atoms with Crippen molar-refractivity contribution in [2.24, 2.45) is 5.92 Å². The van der Waals surface area contributed by atoms with Crippen molar-refractivity contribution in [3.05, 3.63) is 29.8 Å². The van der Waals surface area contributed by atoms with Crippen LogP contribution >= 0.6 is 0 Å². The van der Waals surface area contributed by atoms with Gasteiger partial charge in [0.25, 0.3) is 0 Å². The Bertz CT molecular complexity index is 726. The highest BCUT2D eigenvalue weighted by Crippen LogP contribution is 2.35. The molecule has 1 fully saturated rings. The molecule has 0 aliphatic carbocycles. The van der Waals surface area contributed by atoms with Gasteiger partial charge in [0.1, 0.15) is 0 Å². The maximum absolute atomic E-state index is 13.1. The molecule has 9 heteroatoms. The van der Waals surface area contributed by atoms with Crippen LogP contribution in [0.25, 0.3) is 0 Å². The first kappa shape index (κ1) is 19.7. The zero-order valence-corrected chi connectivity index (χ0v) is 14.9. The van der Waals surface area contributed by atoms with E-state index in [0.717, 1.165) is 22.5 Å². The van der Waals surface area contributed by atoms with Gasteiger partial charge in [-0.05, 0) is 18.6 Å². The summed E-state index contributed by atoms with van der Waals surface area (Å²) >= 11 is 0. The maximum Gasteiger partial charge on any atom is 0.417 e. The van der Waals surface area contributed by atoms with Crippen LogP contribution in [-0.2, 0) is 21.0 Å². The molecule has 0 N–H and O–H groups in total. The summed E-state index contributed by atoms with van der Waals surface area (Å²) in [5.74, 6) is -0.218. The third kappa shape index (κ3) is 4.14. The monoisotopic (exact) mass is 378 g/mol. The molecule has 1 unspecified atom stereocenters. The quantitative estimate of drug-likeness (QED) is 0.809. The van der Waals surface area contributed by atoms with Gasteiger partial charge in [-0.1, -0.05) is 26.0 Å². The van der Waals surface area contributed by atoms with Crippen LogP contribution < -0.4 is 0 Å². The van der Waals surface area contributed by atoms with E-state index in [1.165, 1.54) is 6.07 Å². The minimum atomic E-state index is -4.75. The highest BCUT2D eigenvalue weighted by Gasteiger charge is 2.39. The van der Waals surface area contributed by atoms with Crippen molar-refractivity contribution in [3.63, 3.8) is 0 Å². The second kappa shape index (κ2) is 7.33. The number of alkyl halides is 3. The molecule has 5 nitrogen and oxygen atoms in total. The van der Waals surface area contributed by atoms with E-state index < -0.39 is 26.7 Å². The normalized spacial score (nSPS) is 18.2. The lowest BCUT2D eigenvalue weighted by Crippen LogP contribution is -2.51. The van der Waals surface area contributed by atoms with Gasteiger partial charge in [-0.15, -0.1) is 0 Å². The van der Waals surface area contributed by atoms with Gasteiger partial charge in [-0.2, -0.15) is 17.5 Å². The number of piperazine rings is 1. The number of amides is 1. The minimum Gasteiger partial charge on any atom is -0.340 e. The van der Waals surface area contributed by atoms with E-state index in [2.05, 4.69) is 0 Å². The number of sulfonamides is 1. The smallest absolute Gasteiger partial charge is 0.340 e. The van der Waals surface area contributed by atoms with Crippen LogP contribution in [-0.4, -0.2) is 49.7 Å². The van der Waals surface area contributed by atoms with E-state index in [1.807, 2.05) is 6.92 Å². The van der Waals surface area contributed by atoms with Gasteiger partial charge in [0, 0.05) is 32.1 Å². The Kier molecular flexibility index (Phi) is 5.78. The lowest BCUT2D eigenvalue weighted by Gasteiger charge is -2.35. The van der Waals surface area contributed by atoms with Crippen molar-refractivity contribution in [2.75, 3.05) is 26.2 Å². The third-order valence-electron chi connectivity index (χ3n) is 4.39. The topological polar surface area (TPSA) is 57.7 Å². The summed E-state index contributed by atoms with van der Waals surface area (Å²) in [6, 6.07) is 4.15. The number of hydrogen-bond acceptors (Lipinski definition) is 3. The van der Waals surface area contributed by atoms with E-state index >= 15 is 0 Å². The van der Waals surface area contributed by atoms with E-state index in [4.69, 9.17) is 0 Å². The second-order valence-electron chi connectivity index (χ2n) is 6.03. The van der Waals surface area contributed by atoms with Gasteiger partial charge in [-0.25, -0.2) is 8.42 Å². The molecule has 2 rings (SSSR count). The molecule has 25 heavy (non-hydrogen) atoms. The fourth-order valence-corrected chi connectivity index (χ4v) is 4.33. The average molecular weight is 378 g/mol. The molecule has 1 aromatic rings. The molecule has 140 valence electrons. The van der Waals surface area contributed by atoms with Crippen molar-refractivity contribution in [3.8, 4) is 0 Å². The van der Waals surface area contributed by atoms with Crippen molar-refractivity contribution in [1.29, 1.82) is 0 Å². The zero-order chi connectivity index (χ0) is 18.8. The number of nitrogens with zero attached hydrogens (tertiary/aromatic N) is 2. The first-order valence-corrected chi connectivity index (χ1v) is 9.48. The first-order chi connectivity index (χ1) is 11.6. The van der Waals surface area contributed by atoms with Crippen LogP contribution in [0.2, 0.25) is 0 Å². The van der Waals surface area contributed by atoms with Gasteiger partial charge in [0.05, 0.1) is 10.5 Å². The van der Waals surface area contributed by atoms with Crippen LogP contribution in [0.3, 0.4) is 0 Å². The maximum atomic E-state index is 13.1. The molecule has 0 bridgehead atoms. The van der Waals surface area contributed by atoms with Gasteiger partial charge >= 0.3 is 6.18 Å². The summed E-state index contributed by atoms with van der Waals surface area (Å²) in [4.78, 5) is 13.0. The Morgan fingerprint density at radius 1 is 1.16 bits per heavy atom. The summed E-state index contributed by atoms with van der Waals surface area (Å²) in [7, 11) is -4.28. The molecule has 1 heterocycles. The van der Waals surface area contributed by atoms with E-state index in [-0.39, 0.29) is 38.0 Å². The standard InChI is InChI=1S/C16H21F3N2O3S/c1-3-12(2)15(22)20-8-10-21(11-9-20)25(23,24)14-7-5-4-6-13(14)16(17,18)19/h4-7,12H,3,8-11H2,1-2H3. The molecule has 1 aromatic carbocycles. The lowest BCUT2D eigenvalue weighted by atomic mass is 10.1. The molecule has 0 saturated carbocycles. The lowest BCUT2D eigenvalue weighted by molar-refractivity contribution is -0.140. The zero-order valence-electron chi connectivity index (χ0n) is 14.1. The number of benzene rings is 1. The highest BCUT2D eigenvalue weighted by atomic mass is 32.2. The minimum absolute atomic E-state index is 0.0172. The predicted molar refractivity (Wildman–Crippen MR) is 86.2 cm³/mol. The summed E-state index contributed by atoms with van der Waals surface area (Å²) < 4.78 is 65.6. The molecule has 1 saturated heterocycles. The molecule has 1 aliphatic rings. The Labute approximate surface area is 145 Å². The Hall–Kier alpha value is -1.61. The van der Waals surface area contributed by atoms with Crippen LogP contribution in [0.5, 0.6) is 0 Å². The van der Waals surface area contributed by atoms with Crippen molar-refractivity contribution in [2.45, 2.75) is 31.3 Å². The Morgan fingerprint density at radius 3 is 2.24 bits per heavy atom. The SMILES string of the molecule is CCC(C)C(=O)N1CCN(S(=O)(=O)c2ccccc2C(F)(F)F)CC1. The molecular formula is C16H21F3N2O3S. The van der Waals surface area contributed by atoms with Crippen LogP contribution in [0.15, 0.2) is 29.2 Å². The molecule has 1 atom stereocenters. The largest absolute Gasteiger partial charge is 0.417 e. The van der Waals surface area contributed by atoms with Crippen LogP contribution in [0.4, 0.5) is 13.2 Å². The van der Waals surface area contributed by atoms with Gasteiger partial charge < -0.3 is 4.90 Å². The number of carbonyl (C=O) groups is 1. The first-order valence-electron chi connectivity index (χ1n) is 8.04. The summed E-state index contributed by atoms with van der Waals surface area (Å²) in [5.41, 5.74) is -1.17. The number of hydrogen-bond donors (Lipinski definition) is 0. The summed E-state index contributed by atoms with van der Waals surface area (Å²) in [5, 5.41) is 0. The van der Waals surface area contributed by atoms with Gasteiger partial charge in [0.2, 0.25) is 15.9 Å². The van der Waals surface area contributed by atoms with E-state index in [9.17, 15) is 26.4 Å². The van der Waals surface area contributed by atoms with Crippen molar-refractivity contribution in [1.82, 2.24) is 9.21 Å². The molecule has 1 aliphatic heterocycles. The fourth-order valence-electron chi connectivity index (χ4n) is 2.70. The van der Waals surface area contributed by atoms with E-state index in [0.29, 0.717) is 6.42 Å². The molecule has 0 spiro atoms. The summed E-state index contributed by atoms with van der Waals surface area (Å²) in [6.07, 6.45) is -4.08. The second-order valence-corrected chi connectivity index (χ2v) is 7.94. The van der Waals surface area contributed by atoms with Gasteiger partial charge in [0.15, 0.2) is 0 Å². The Morgan fingerprint density at radius 2 is 1.72 bits per heavy atom. The average Bonchev–Trinajstić information content (AvgIpc) is 2.59. The molecule has 0 aromatic heterocycles. The van der Waals surface area contributed by atoms with Crippen molar-refractivity contribution < 1.29 is 26.4 Å². The molecule has 0 radical (unpaired) electrons. The van der Waals surface area contributed by atoms with Crippen LogP contribution in [0, 0.1) is 5.92 Å². The fraction of sp³-hybridized carbons (Fsp3) is 0.562. The summed E-state index contributed by atoms with van der Waals surface area (Å²) in [6.45, 7) is 4.00. The van der Waals surface area contributed by atoms with Gasteiger partial charge in [-0.3, -0.25) is 4.79 Å². The Balaban J connectivity index is 2.20. The van der Waals surface area contributed by atoms with Crippen molar-refractivity contribution >= 4 is 15.9 Å². The molecule has 1 amide bonds. The third-order valence-corrected chi connectivity index (χ3v) is 6.35. The predicted octanol–water partition coefficient (Wildman–Crippen LogP) is 2.58.